The van der Waals surface area contributed by atoms with Gasteiger partial charge in [-0.2, -0.15) is 0 Å². The van der Waals surface area contributed by atoms with Crippen molar-refractivity contribution in [2.75, 3.05) is 5.32 Å². The molecule has 1 N–H and O–H groups in total. The van der Waals surface area contributed by atoms with Gasteiger partial charge in [-0.1, -0.05) is 24.3 Å². The lowest BCUT2D eigenvalue weighted by Gasteiger charge is -2.05. The lowest BCUT2D eigenvalue weighted by molar-refractivity contribution is 0.0991. The van der Waals surface area contributed by atoms with Crippen LogP contribution < -0.4 is 5.32 Å². The van der Waals surface area contributed by atoms with Gasteiger partial charge in [-0.15, -0.1) is 0 Å². The van der Waals surface area contributed by atoms with Gasteiger partial charge in [0.1, 0.15) is 5.82 Å². The number of rotatable bonds is 4. The van der Waals surface area contributed by atoms with Crippen LogP contribution in [-0.4, -0.2) is 19.3 Å². The highest BCUT2D eigenvalue weighted by Crippen LogP contribution is 2.23. The van der Waals surface area contributed by atoms with Crippen LogP contribution in [0.5, 0.6) is 0 Å². The number of hydrogen-bond donors (Lipinski definition) is 1. The second-order valence-electron chi connectivity index (χ2n) is 5.06. The molecule has 0 spiro atoms. The maximum absolute atomic E-state index is 12.4. The quantitative estimate of drug-likeness (QED) is 0.787. The zero-order chi connectivity index (χ0) is 17.2. The van der Waals surface area contributed by atoms with Crippen molar-refractivity contribution >= 4 is 21.6 Å². The highest BCUT2D eigenvalue weighted by molar-refractivity contribution is 7.91. The fraction of sp³-hybridized carbons (Fsp3) is 0.0588. The van der Waals surface area contributed by atoms with E-state index in [-0.39, 0.29) is 15.7 Å². The first-order valence-electron chi connectivity index (χ1n) is 7.11. The van der Waals surface area contributed by atoms with Crippen molar-refractivity contribution in [3.63, 3.8) is 0 Å². The van der Waals surface area contributed by atoms with Crippen LogP contribution in [0.2, 0.25) is 0 Å². The summed E-state index contributed by atoms with van der Waals surface area (Å²) in [4.78, 5) is 16.4. The average molecular weight is 342 g/mol. The van der Waals surface area contributed by atoms with E-state index < -0.39 is 15.7 Å². The van der Waals surface area contributed by atoms with Gasteiger partial charge in [0.25, 0.3) is 5.91 Å². The number of pyridine rings is 1. The molecule has 0 aliphatic carbocycles. The van der Waals surface area contributed by atoms with E-state index in [0.717, 1.165) is 5.56 Å². The summed E-state index contributed by atoms with van der Waals surface area (Å²) in [5, 5.41) is 2.31. The van der Waals surface area contributed by atoms with Crippen LogP contribution in [0.15, 0.2) is 75.2 Å². The molecular weight excluding hydrogens is 328 g/mol. The number of amides is 1. The summed E-state index contributed by atoms with van der Waals surface area (Å²) in [5.74, 6) is -0.271. The van der Waals surface area contributed by atoms with E-state index in [0.29, 0.717) is 5.82 Å². The summed E-state index contributed by atoms with van der Waals surface area (Å²) in [7, 11) is -3.79. The first-order valence-corrected chi connectivity index (χ1v) is 8.60. The van der Waals surface area contributed by atoms with Crippen LogP contribution in [0.1, 0.15) is 16.1 Å². The van der Waals surface area contributed by atoms with Crippen LogP contribution in [-0.2, 0) is 9.84 Å². The maximum Gasteiger partial charge on any atom is 0.292 e. The predicted molar refractivity (Wildman–Crippen MR) is 87.5 cm³/mol. The van der Waals surface area contributed by atoms with E-state index in [2.05, 4.69) is 10.3 Å². The number of anilines is 1. The molecule has 122 valence electrons. The minimum atomic E-state index is -3.79. The third-order valence-electron chi connectivity index (χ3n) is 3.36. The second-order valence-corrected chi connectivity index (χ2v) is 6.94. The lowest BCUT2D eigenvalue weighted by atomic mass is 10.3. The minimum Gasteiger partial charge on any atom is -0.439 e. The normalized spacial score (nSPS) is 11.2. The fourth-order valence-electron chi connectivity index (χ4n) is 2.09. The van der Waals surface area contributed by atoms with Crippen molar-refractivity contribution < 1.29 is 17.6 Å². The molecule has 2 aromatic heterocycles. The van der Waals surface area contributed by atoms with Gasteiger partial charge in [0, 0.05) is 6.20 Å². The van der Waals surface area contributed by atoms with Crippen molar-refractivity contribution in [3.05, 3.63) is 72.1 Å². The van der Waals surface area contributed by atoms with Gasteiger partial charge in [0.15, 0.2) is 5.76 Å². The van der Waals surface area contributed by atoms with E-state index in [1.807, 2.05) is 0 Å². The van der Waals surface area contributed by atoms with Crippen LogP contribution >= 0.6 is 0 Å². The number of nitrogens with zero attached hydrogens (tertiary/aromatic N) is 1. The number of nitrogens with one attached hydrogen (secondary N) is 1. The second kappa shape index (κ2) is 6.29. The smallest absolute Gasteiger partial charge is 0.292 e. The summed E-state index contributed by atoms with van der Waals surface area (Å²) < 4.78 is 30.1. The molecule has 0 atom stereocenters. The molecule has 0 bridgehead atoms. The molecule has 0 saturated heterocycles. The number of carbonyl (C=O) groups excluding carboxylic acids is 1. The number of aryl methyl sites for hydroxylation is 1. The van der Waals surface area contributed by atoms with Crippen LogP contribution in [0.3, 0.4) is 0 Å². The molecule has 6 nitrogen and oxygen atoms in total. The van der Waals surface area contributed by atoms with Gasteiger partial charge < -0.3 is 9.73 Å². The van der Waals surface area contributed by atoms with E-state index in [9.17, 15) is 13.2 Å². The van der Waals surface area contributed by atoms with Crippen LogP contribution in [0.25, 0.3) is 0 Å². The molecule has 0 unspecified atom stereocenters. The number of furan rings is 1. The minimum absolute atomic E-state index is 0.102. The molecule has 2 heterocycles. The van der Waals surface area contributed by atoms with Gasteiger partial charge in [0.05, 0.1) is 4.90 Å². The molecule has 0 saturated carbocycles. The monoisotopic (exact) mass is 342 g/mol. The number of benzene rings is 1. The molecule has 0 aliphatic heterocycles. The SMILES string of the molecule is Cc1cccnc1NC(=O)c1ccc(S(=O)(=O)c2ccccc2)o1. The first-order chi connectivity index (χ1) is 11.5. The van der Waals surface area contributed by atoms with Gasteiger partial charge in [-0.3, -0.25) is 4.79 Å². The molecule has 0 aliphatic rings. The van der Waals surface area contributed by atoms with Crippen molar-refractivity contribution in [1.82, 2.24) is 4.98 Å². The zero-order valence-corrected chi connectivity index (χ0v) is 13.6. The number of hydrogen-bond acceptors (Lipinski definition) is 5. The molecule has 7 heteroatoms. The highest BCUT2D eigenvalue weighted by Gasteiger charge is 2.23. The topological polar surface area (TPSA) is 89.3 Å². The third kappa shape index (κ3) is 3.07. The Morgan fingerprint density at radius 1 is 1.04 bits per heavy atom. The van der Waals surface area contributed by atoms with Crippen molar-refractivity contribution in [3.8, 4) is 0 Å². The van der Waals surface area contributed by atoms with Gasteiger partial charge in [-0.25, -0.2) is 13.4 Å². The first kappa shape index (κ1) is 15.9. The largest absolute Gasteiger partial charge is 0.439 e. The van der Waals surface area contributed by atoms with Crippen molar-refractivity contribution in [1.29, 1.82) is 0 Å². The molecule has 24 heavy (non-hydrogen) atoms. The molecule has 0 fully saturated rings. The Morgan fingerprint density at radius 2 is 1.79 bits per heavy atom. The maximum atomic E-state index is 12.4. The van der Waals surface area contributed by atoms with Gasteiger partial charge >= 0.3 is 0 Å². The van der Waals surface area contributed by atoms with Crippen molar-refractivity contribution in [2.45, 2.75) is 16.9 Å². The molecule has 1 amide bonds. The highest BCUT2D eigenvalue weighted by atomic mass is 32.2. The van der Waals surface area contributed by atoms with Gasteiger partial charge in [-0.05, 0) is 42.8 Å². The van der Waals surface area contributed by atoms with Crippen molar-refractivity contribution in [2.24, 2.45) is 0 Å². The summed E-state index contributed by atoms with van der Waals surface area (Å²) in [5.41, 5.74) is 0.787. The number of carbonyl (C=O) groups is 1. The molecule has 0 radical (unpaired) electrons. The summed E-state index contributed by atoms with van der Waals surface area (Å²) >= 11 is 0. The van der Waals surface area contributed by atoms with E-state index in [4.69, 9.17) is 4.42 Å². The average Bonchev–Trinajstić information content (AvgIpc) is 3.09. The summed E-state index contributed by atoms with van der Waals surface area (Å²) in [6.45, 7) is 1.80. The Kier molecular flexibility index (Phi) is 4.18. The molecule has 3 rings (SSSR count). The standard InChI is InChI=1S/C17H14N2O4S/c1-12-6-5-11-18-16(12)19-17(20)14-9-10-15(23-14)24(21,22)13-7-3-2-4-8-13/h2-11H,1H3,(H,18,19,20). The van der Waals surface area contributed by atoms with E-state index >= 15 is 0 Å². The molecular formula is C17H14N2O4S. The number of aromatic nitrogens is 1. The Morgan fingerprint density at radius 3 is 2.50 bits per heavy atom. The van der Waals surface area contributed by atoms with Gasteiger partial charge in [0.2, 0.25) is 14.9 Å². The molecule has 1 aromatic carbocycles. The fourth-order valence-corrected chi connectivity index (χ4v) is 3.28. The summed E-state index contributed by atoms with van der Waals surface area (Å²) in [6, 6.07) is 14.0. The van der Waals surface area contributed by atoms with Crippen LogP contribution in [0.4, 0.5) is 5.82 Å². The predicted octanol–water partition coefficient (Wildman–Crippen LogP) is 3.07. The Balaban J connectivity index is 1.86. The lowest BCUT2D eigenvalue weighted by Crippen LogP contribution is -2.13. The third-order valence-corrected chi connectivity index (χ3v) is 5.01. The van der Waals surface area contributed by atoms with E-state index in [1.165, 1.54) is 24.3 Å². The van der Waals surface area contributed by atoms with Crippen LogP contribution in [0, 0.1) is 6.92 Å². The molecule has 3 aromatic rings. The summed E-state index contributed by atoms with van der Waals surface area (Å²) in [6.07, 6.45) is 1.55. The Hall–Kier alpha value is -2.93. The zero-order valence-electron chi connectivity index (χ0n) is 12.8. The van der Waals surface area contributed by atoms with E-state index in [1.54, 1.807) is 43.5 Å². The Labute approximate surface area is 139 Å². The Bertz CT molecular complexity index is 979. The number of sulfone groups is 1.